The zero-order valence-corrected chi connectivity index (χ0v) is 12.5. The molecule has 2 aromatic rings. The molecule has 0 aliphatic carbocycles. The molecular formula is C19H23NO. The first kappa shape index (κ1) is 14.3. The van der Waals surface area contributed by atoms with Crippen LogP contribution in [0.4, 0.5) is 0 Å². The number of nitrogens with one attached hydrogen (secondary N) is 1. The van der Waals surface area contributed by atoms with Crippen LogP contribution in [0.1, 0.15) is 30.5 Å². The number of ether oxygens (including phenoxy) is 1. The van der Waals surface area contributed by atoms with Crippen molar-refractivity contribution in [1.29, 1.82) is 0 Å². The van der Waals surface area contributed by atoms with Gasteiger partial charge >= 0.3 is 0 Å². The van der Waals surface area contributed by atoms with Gasteiger partial charge in [0, 0.05) is 13.0 Å². The lowest BCUT2D eigenvalue weighted by atomic mass is 9.94. The number of rotatable bonds is 4. The largest absolute Gasteiger partial charge is 0.371 e. The summed E-state index contributed by atoms with van der Waals surface area (Å²) in [4.78, 5) is 0. The Morgan fingerprint density at radius 3 is 2.33 bits per heavy atom. The quantitative estimate of drug-likeness (QED) is 0.922. The van der Waals surface area contributed by atoms with Crippen molar-refractivity contribution in [2.75, 3.05) is 6.54 Å². The summed E-state index contributed by atoms with van der Waals surface area (Å²) in [6.07, 6.45) is 2.51. The van der Waals surface area contributed by atoms with E-state index in [4.69, 9.17) is 4.74 Å². The maximum absolute atomic E-state index is 6.34. The first-order valence-electron chi connectivity index (χ1n) is 7.84. The van der Waals surface area contributed by atoms with E-state index in [-0.39, 0.29) is 12.1 Å². The van der Waals surface area contributed by atoms with Crippen LogP contribution in [0.15, 0.2) is 60.7 Å². The summed E-state index contributed by atoms with van der Waals surface area (Å²) < 4.78 is 6.34. The standard InChI is InChI=1S/C19H23NO/c1-2-17-14-20-19(16-11-7-4-8-12-16)18(21-17)13-15-9-5-3-6-10-15/h3-12,17-20H,2,13-14H2,1H3. The van der Waals surface area contributed by atoms with Gasteiger partial charge < -0.3 is 10.1 Å². The van der Waals surface area contributed by atoms with Crippen molar-refractivity contribution in [3.05, 3.63) is 71.8 Å². The van der Waals surface area contributed by atoms with E-state index < -0.39 is 0 Å². The van der Waals surface area contributed by atoms with Crippen molar-refractivity contribution in [3.63, 3.8) is 0 Å². The average molecular weight is 281 g/mol. The van der Waals surface area contributed by atoms with E-state index in [9.17, 15) is 0 Å². The summed E-state index contributed by atoms with van der Waals surface area (Å²) in [5, 5.41) is 3.68. The fraction of sp³-hybridized carbons (Fsp3) is 0.368. The van der Waals surface area contributed by atoms with E-state index in [1.807, 2.05) is 0 Å². The molecule has 2 nitrogen and oxygen atoms in total. The topological polar surface area (TPSA) is 21.3 Å². The smallest absolute Gasteiger partial charge is 0.0814 e. The van der Waals surface area contributed by atoms with Gasteiger partial charge in [-0.25, -0.2) is 0 Å². The monoisotopic (exact) mass is 281 g/mol. The lowest BCUT2D eigenvalue weighted by Crippen LogP contribution is -2.47. The molecule has 3 unspecified atom stereocenters. The molecule has 21 heavy (non-hydrogen) atoms. The molecule has 1 aliphatic rings. The van der Waals surface area contributed by atoms with Gasteiger partial charge in [-0.3, -0.25) is 0 Å². The van der Waals surface area contributed by atoms with E-state index in [0.29, 0.717) is 6.10 Å². The van der Waals surface area contributed by atoms with Gasteiger partial charge in [0.15, 0.2) is 0 Å². The Hall–Kier alpha value is -1.64. The van der Waals surface area contributed by atoms with Crippen molar-refractivity contribution in [1.82, 2.24) is 5.32 Å². The lowest BCUT2D eigenvalue weighted by molar-refractivity contribution is -0.0642. The summed E-state index contributed by atoms with van der Waals surface area (Å²) in [7, 11) is 0. The summed E-state index contributed by atoms with van der Waals surface area (Å²) in [5.74, 6) is 0. The van der Waals surface area contributed by atoms with E-state index in [1.54, 1.807) is 0 Å². The van der Waals surface area contributed by atoms with E-state index in [2.05, 4.69) is 72.9 Å². The Balaban J connectivity index is 1.80. The number of benzene rings is 2. The fourth-order valence-corrected chi connectivity index (χ4v) is 3.01. The third kappa shape index (κ3) is 3.52. The van der Waals surface area contributed by atoms with Crippen molar-refractivity contribution in [3.8, 4) is 0 Å². The molecule has 0 aromatic heterocycles. The van der Waals surface area contributed by atoms with Gasteiger partial charge in [0.1, 0.15) is 0 Å². The summed E-state index contributed by atoms with van der Waals surface area (Å²) in [6.45, 7) is 3.12. The summed E-state index contributed by atoms with van der Waals surface area (Å²) in [6, 6.07) is 21.5. The minimum Gasteiger partial charge on any atom is -0.371 e. The van der Waals surface area contributed by atoms with Crippen LogP contribution in [-0.2, 0) is 11.2 Å². The highest BCUT2D eigenvalue weighted by Gasteiger charge is 2.31. The molecule has 3 rings (SSSR count). The molecule has 0 saturated carbocycles. The second-order valence-electron chi connectivity index (χ2n) is 5.69. The van der Waals surface area contributed by atoms with Crippen molar-refractivity contribution in [2.24, 2.45) is 0 Å². The van der Waals surface area contributed by atoms with Gasteiger partial charge in [-0.1, -0.05) is 67.6 Å². The molecule has 1 N–H and O–H groups in total. The molecule has 0 bridgehead atoms. The van der Waals surface area contributed by atoms with Crippen LogP contribution in [0.5, 0.6) is 0 Å². The van der Waals surface area contributed by atoms with Crippen molar-refractivity contribution < 1.29 is 4.74 Å². The van der Waals surface area contributed by atoms with Gasteiger partial charge in [-0.2, -0.15) is 0 Å². The maximum atomic E-state index is 6.34. The molecule has 1 saturated heterocycles. The minimum absolute atomic E-state index is 0.188. The Morgan fingerprint density at radius 2 is 1.67 bits per heavy atom. The van der Waals surface area contributed by atoms with Crippen molar-refractivity contribution >= 4 is 0 Å². The molecule has 0 amide bonds. The minimum atomic E-state index is 0.188. The van der Waals surface area contributed by atoms with Gasteiger partial charge in [0.2, 0.25) is 0 Å². The summed E-state index contributed by atoms with van der Waals surface area (Å²) in [5.41, 5.74) is 2.65. The highest BCUT2D eigenvalue weighted by Crippen LogP contribution is 2.27. The fourth-order valence-electron chi connectivity index (χ4n) is 3.01. The third-order valence-corrected chi connectivity index (χ3v) is 4.20. The highest BCUT2D eigenvalue weighted by molar-refractivity contribution is 5.23. The molecule has 1 heterocycles. The Labute approximate surface area is 127 Å². The SMILES string of the molecule is CCC1CNC(c2ccccc2)C(Cc2ccccc2)O1. The second-order valence-corrected chi connectivity index (χ2v) is 5.69. The van der Waals surface area contributed by atoms with Gasteiger partial charge in [-0.05, 0) is 17.5 Å². The third-order valence-electron chi connectivity index (χ3n) is 4.20. The Kier molecular flexibility index (Phi) is 4.69. The molecule has 0 spiro atoms. The van der Waals surface area contributed by atoms with Crippen molar-refractivity contribution in [2.45, 2.75) is 38.0 Å². The molecule has 0 radical (unpaired) electrons. The zero-order valence-electron chi connectivity index (χ0n) is 12.5. The van der Waals surface area contributed by atoms with Crippen LogP contribution in [0.25, 0.3) is 0 Å². The first-order chi connectivity index (χ1) is 10.4. The van der Waals surface area contributed by atoms with E-state index in [0.717, 1.165) is 19.4 Å². The van der Waals surface area contributed by atoms with Gasteiger partial charge in [-0.15, -0.1) is 0 Å². The molecule has 1 fully saturated rings. The number of morpholine rings is 1. The Morgan fingerprint density at radius 1 is 1.00 bits per heavy atom. The maximum Gasteiger partial charge on any atom is 0.0814 e. The van der Waals surface area contributed by atoms with Crippen LogP contribution in [-0.4, -0.2) is 18.8 Å². The Bertz CT molecular complexity index is 540. The van der Waals surface area contributed by atoms with Crippen LogP contribution in [0, 0.1) is 0 Å². The lowest BCUT2D eigenvalue weighted by Gasteiger charge is -2.38. The average Bonchev–Trinajstić information content (AvgIpc) is 2.56. The highest BCUT2D eigenvalue weighted by atomic mass is 16.5. The second kappa shape index (κ2) is 6.88. The zero-order chi connectivity index (χ0) is 14.5. The molecule has 1 aliphatic heterocycles. The van der Waals surface area contributed by atoms with E-state index >= 15 is 0 Å². The van der Waals surface area contributed by atoms with Crippen LogP contribution in [0.3, 0.4) is 0 Å². The number of hydrogen-bond donors (Lipinski definition) is 1. The molecule has 3 atom stereocenters. The predicted octanol–water partition coefficient (Wildman–Crippen LogP) is 3.74. The normalized spacial score (nSPS) is 25.7. The first-order valence-corrected chi connectivity index (χ1v) is 7.84. The van der Waals surface area contributed by atoms with Gasteiger partial charge in [0.05, 0.1) is 18.2 Å². The predicted molar refractivity (Wildman–Crippen MR) is 86.3 cm³/mol. The van der Waals surface area contributed by atoms with E-state index in [1.165, 1.54) is 11.1 Å². The molecule has 2 heteroatoms. The van der Waals surface area contributed by atoms with Crippen LogP contribution < -0.4 is 5.32 Å². The van der Waals surface area contributed by atoms with Gasteiger partial charge in [0.25, 0.3) is 0 Å². The van der Waals surface area contributed by atoms with Crippen LogP contribution in [0.2, 0.25) is 0 Å². The number of hydrogen-bond acceptors (Lipinski definition) is 2. The molecule has 2 aromatic carbocycles. The van der Waals surface area contributed by atoms with Crippen LogP contribution >= 0.6 is 0 Å². The molecule has 110 valence electrons. The molecular weight excluding hydrogens is 258 g/mol. The summed E-state index contributed by atoms with van der Waals surface area (Å²) >= 11 is 0.